The molecule has 0 aliphatic rings. The van der Waals surface area contributed by atoms with E-state index in [1.54, 1.807) is 13.0 Å². The lowest BCUT2D eigenvalue weighted by atomic mass is 10.1. The van der Waals surface area contributed by atoms with Crippen LogP contribution in [-0.2, 0) is 6.18 Å². The van der Waals surface area contributed by atoms with Gasteiger partial charge in [-0.05, 0) is 67.9 Å². The number of aryl methyl sites for hydroxylation is 2. The summed E-state index contributed by atoms with van der Waals surface area (Å²) in [5.74, 6) is -0.733. The van der Waals surface area contributed by atoms with E-state index in [1.807, 2.05) is 0 Å². The van der Waals surface area contributed by atoms with Crippen molar-refractivity contribution in [2.45, 2.75) is 20.0 Å². The van der Waals surface area contributed by atoms with Crippen LogP contribution < -0.4 is 10.6 Å². The lowest BCUT2D eigenvalue weighted by molar-refractivity contribution is -0.137. The summed E-state index contributed by atoms with van der Waals surface area (Å²) in [6.45, 7) is 3.18. The molecule has 0 fully saturated rings. The monoisotopic (exact) mass is 535 g/mol. The number of nitrogens with one attached hydrogen (secondary N) is 2. The highest BCUT2D eigenvalue weighted by atomic mass is 19.4. The molecule has 2 aromatic carbocycles. The first-order valence-corrected chi connectivity index (χ1v) is 11.4. The fraction of sp³-hybridized carbons (Fsp3) is 0.107. The van der Waals surface area contributed by atoms with Crippen molar-refractivity contribution in [3.63, 3.8) is 0 Å². The molecule has 5 rings (SSSR count). The number of imidazole rings is 1. The standard InChI is InChI=1S/C28H22F3N7O/c1-17-5-6-19(10-25(17)37-27-33-9-7-24(36-27)20-4-3-8-32-14-20)26(39)35-22-11-21(28(29,30)31)12-23(13-22)38-15-18(2)34-16-38/h3-16H,1-2H3,(H,35,39)(H,33,36,37)/i3D,4D,8D,14D,15D,16D. The highest BCUT2D eigenvalue weighted by molar-refractivity contribution is 6.05. The maximum atomic E-state index is 13.8. The van der Waals surface area contributed by atoms with Gasteiger partial charge in [0.15, 0.2) is 0 Å². The molecule has 5 aromatic rings. The molecule has 2 N–H and O–H groups in total. The van der Waals surface area contributed by atoms with Crippen LogP contribution >= 0.6 is 0 Å². The number of nitrogens with zero attached hydrogens (tertiary/aromatic N) is 5. The Hall–Kier alpha value is -5.06. The molecule has 0 spiro atoms. The Kier molecular flexibility index (Phi) is 5.07. The summed E-state index contributed by atoms with van der Waals surface area (Å²) >= 11 is 0. The molecule has 39 heavy (non-hydrogen) atoms. The number of carbonyl (C=O) groups excluding carboxylic acids is 1. The van der Waals surface area contributed by atoms with Gasteiger partial charge in [0.25, 0.3) is 5.91 Å². The van der Waals surface area contributed by atoms with Gasteiger partial charge in [0.1, 0.15) is 1.37 Å². The van der Waals surface area contributed by atoms with E-state index in [-0.39, 0.29) is 46.0 Å². The summed E-state index contributed by atoms with van der Waals surface area (Å²) in [6.07, 6.45) is -5.04. The number of hydrogen-bond acceptors (Lipinski definition) is 6. The number of hydrogen-bond donors (Lipinski definition) is 2. The Morgan fingerprint density at radius 3 is 2.69 bits per heavy atom. The van der Waals surface area contributed by atoms with Gasteiger partial charge in [0.05, 0.1) is 30.1 Å². The maximum absolute atomic E-state index is 13.8. The van der Waals surface area contributed by atoms with E-state index in [9.17, 15) is 18.0 Å². The van der Waals surface area contributed by atoms with Crippen molar-refractivity contribution in [2.75, 3.05) is 10.6 Å². The first kappa shape index (κ1) is 19.1. The number of aromatic nitrogens is 5. The average Bonchev–Trinajstić information content (AvgIpc) is 3.22. The minimum Gasteiger partial charge on any atom is -0.324 e. The average molecular weight is 536 g/mol. The smallest absolute Gasteiger partial charge is 0.324 e. The van der Waals surface area contributed by atoms with Crippen LogP contribution in [0.3, 0.4) is 0 Å². The zero-order valence-corrected chi connectivity index (χ0v) is 20.4. The predicted octanol–water partition coefficient (Wildman–Crippen LogP) is 6.36. The topological polar surface area (TPSA) is 97.6 Å². The van der Waals surface area contributed by atoms with E-state index in [4.69, 9.17) is 8.22 Å². The number of benzene rings is 2. The van der Waals surface area contributed by atoms with Crippen LogP contribution in [-0.4, -0.2) is 30.4 Å². The maximum Gasteiger partial charge on any atom is 0.416 e. The molecule has 0 aliphatic carbocycles. The van der Waals surface area contributed by atoms with E-state index in [1.165, 1.54) is 37.4 Å². The largest absolute Gasteiger partial charge is 0.416 e. The summed E-state index contributed by atoms with van der Waals surface area (Å²) in [4.78, 5) is 29.2. The molecule has 0 bridgehead atoms. The summed E-state index contributed by atoms with van der Waals surface area (Å²) in [5.41, 5.74) is -0.205. The molecule has 11 heteroatoms. The van der Waals surface area contributed by atoms with Crippen LogP contribution in [0.15, 0.2) is 85.6 Å². The van der Waals surface area contributed by atoms with Crippen LogP contribution in [0.4, 0.5) is 30.5 Å². The summed E-state index contributed by atoms with van der Waals surface area (Å²) in [5, 5.41) is 5.41. The van der Waals surface area contributed by atoms with Gasteiger partial charge in [-0.1, -0.05) is 6.07 Å². The number of pyridine rings is 1. The van der Waals surface area contributed by atoms with Gasteiger partial charge in [-0.25, -0.2) is 15.0 Å². The Bertz CT molecular complexity index is 1980. The van der Waals surface area contributed by atoms with E-state index in [0.717, 1.165) is 16.7 Å². The van der Waals surface area contributed by atoms with Crippen LogP contribution in [0, 0.1) is 13.8 Å². The Morgan fingerprint density at radius 2 is 1.92 bits per heavy atom. The molecule has 8 nitrogen and oxygen atoms in total. The first-order valence-electron chi connectivity index (χ1n) is 14.4. The van der Waals surface area contributed by atoms with Crippen LogP contribution in [0.5, 0.6) is 0 Å². The van der Waals surface area contributed by atoms with Crippen molar-refractivity contribution in [3.8, 4) is 16.9 Å². The van der Waals surface area contributed by atoms with Gasteiger partial charge in [0.2, 0.25) is 5.95 Å². The normalized spacial score (nSPS) is 13.5. The molecule has 3 aromatic heterocycles. The van der Waals surface area contributed by atoms with Gasteiger partial charge >= 0.3 is 6.18 Å². The molecular formula is C28H22F3N7O. The van der Waals surface area contributed by atoms with Crippen molar-refractivity contribution in [1.29, 1.82) is 0 Å². The number of anilines is 3. The number of carbonyl (C=O) groups is 1. The Morgan fingerprint density at radius 1 is 1.08 bits per heavy atom. The molecular weight excluding hydrogens is 507 g/mol. The summed E-state index contributed by atoms with van der Waals surface area (Å²) < 4.78 is 90.0. The molecule has 0 saturated heterocycles. The van der Waals surface area contributed by atoms with Crippen molar-refractivity contribution >= 4 is 23.2 Å². The number of halogens is 3. The molecule has 0 aliphatic heterocycles. The number of amides is 1. The van der Waals surface area contributed by atoms with Crippen LogP contribution in [0.25, 0.3) is 16.9 Å². The first-order chi connectivity index (χ1) is 21.1. The van der Waals surface area contributed by atoms with Gasteiger partial charge < -0.3 is 15.2 Å². The number of rotatable bonds is 6. The quantitative estimate of drug-likeness (QED) is 0.263. The van der Waals surface area contributed by atoms with Crippen molar-refractivity contribution < 1.29 is 26.2 Å². The van der Waals surface area contributed by atoms with E-state index in [0.29, 0.717) is 11.3 Å². The van der Waals surface area contributed by atoms with E-state index >= 15 is 0 Å². The summed E-state index contributed by atoms with van der Waals surface area (Å²) in [6, 6.07) is 7.79. The molecule has 0 saturated carbocycles. The van der Waals surface area contributed by atoms with Gasteiger partial charge in [-0.2, -0.15) is 13.2 Å². The minimum absolute atomic E-state index is 0.0176. The summed E-state index contributed by atoms with van der Waals surface area (Å²) in [7, 11) is 0. The fourth-order valence-electron chi connectivity index (χ4n) is 3.57. The molecule has 196 valence electrons. The zero-order chi connectivity index (χ0) is 32.8. The zero-order valence-electron chi connectivity index (χ0n) is 26.4. The van der Waals surface area contributed by atoms with E-state index < -0.39 is 48.4 Å². The predicted molar refractivity (Wildman–Crippen MR) is 141 cm³/mol. The second kappa shape index (κ2) is 10.4. The lowest BCUT2D eigenvalue weighted by Gasteiger charge is -2.14. The molecule has 0 atom stereocenters. The molecule has 1 amide bonds. The Balaban J connectivity index is 1.45. The third-order valence-corrected chi connectivity index (χ3v) is 5.48. The minimum atomic E-state index is -4.78. The van der Waals surface area contributed by atoms with Gasteiger partial charge in [-0.15, -0.1) is 0 Å². The van der Waals surface area contributed by atoms with Crippen molar-refractivity contribution in [2.24, 2.45) is 0 Å². The van der Waals surface area contributed by atoms with Crippen LogP contribution in [0.1, 0.15) is 35.4 Å². The highest BCUT2D eigenvalue weighted by Crippen LogP contribution is 2.33. The molecule has 3 heterocycles. The number of alkyl halides is 3. The SMILES string of the molecule is [2H]c1nc([2H])c(-c2ccnc(Nc3cc(C(=O)Nc4cc(-n5c([2H])nc(C)c5[2H])cc(C(F)(F)F)c4)ccc3C)n2)c([2H])c1[2H]. The highest BCUT2D eigenvalue weighted by Gasteiger charge is 2.31. The van der Waals surface area contributed by atoms with Crippen molar-refractivity contribution in [1.82, 2.24) is 24.5 Å². The third kappa shape index (κ3) is 5.93. The van der Waals surface area contributed by atoms with Gasteiger partial charge in [0, 0.05) is 52.9 Å². The second-order valence-corrected chi connectivity index (χ2v) is 8.35. The fourth-order valence-corrected chi connectivity index (χ4v) is 3.57. The van der Waals surface area contributed by atoms with E-state index in [2.05, 4.69) is 30.6 Å². The third-order valence-electron chi connectivity index (χ3n) is 5.48. The second-order valence-electron chi connectivity index (χ2n) is 8.35. The Labute approximate surface area is 230 Å². The van der Waals surface area contributed by atoms with Crippen molar-refractivity contribution in [3.05, 3.63) is 108 Å². The molecule has 0 unspecified atom stereocenters. The van der Waals surface area contributed by atoms with Crippen LogP contribution in [0.2, 0.25) is 0 Å². The lowest BCUT2D eigenvalue weighted by Crippen LogP contribution is -2.14. The molecule has 0 radical (unpaired) electrons. The van der Waals surface area contributed by atoms with Gasteiger partial charge in [-0.3, -0.25) is 9.78 Å².